The molecule has 2 N–H and O–H groups in total. The number of amides is 2. The number of carbonyl (C=O) groups excluding carboxylic acids is 3. The Labute approximate surface area is 281 Å². The van der Waals surface area contributed by atoms with E-state index in [0.29, 0.717) is 6.61 Å². The van der Waals surface area contributed by atoms with E-state index in [4.69, 9.17) is 14.2 Å². The van der Waals surface area contributed by atoms with Crippen LogP contribution in [0.2, 0.25) is 0 Å². The molecule has 1 saturated heterocycles. The molecule has 2 fully saturated rings. The Hall–Kier alpha value is -1.67. The van der Waals surface area contributed by atoms with Crippen LogP contribution >= 0.6 is 0 Å². The maximum absolute atomic E-state index is 13.3. The lowest BCUT2D eigenvalue weighted by atomic mass is 9.84. The van der Waals surface area contributed by atoms with Gasteiger partial charge in [-0.15, -0.1) is 0 Å². The molecule has 3 atom stereocenters. The molecule has 268 valence electrons. The first-order chi connectivity index (χ1) is 21.8. The minimum Gasteiger partial charge on any atom is -0.460 e. The van der Waals surface area contributed by atoms with Gasteiger partial charge in [0, 0.05) is 17.4 Å². The van der Waals surface area contributed by atoms with Gasteiger partial charge in [-0.1, -0.05) is 131 Å². The SMILES string of the molecule is CCCCCCCCCCCCCCCCC(C)(C)C(=O)N[C@H]1CCCC[C@@H]1OC(=O)CCNC(=O)C1OC(C)(C)OCC1(C)C. The van der Waals surface area contributed by atoms with E-state index in [1.54, 1.807) is 13.8 Å². The highest BCUT2D eigenvalue weighted by Gasteiger charge is 2.45. The van der Waals surface area contributed by atoms with Crippen molar-refractivity contribution in [2.75, 3.05) is 13.2 Å². The van der Waals surface area contributed by atoms with E-state index in [1.165, 1.54) is 83.5 Å². The Morgan fingerprint density at radius 1 is 0.804 bits per heavy atom. The van der Waals surface area contributed by atoms with Crippen LogP contribution in [0.25, 0.3) is 0 Å². The van der Waals surface area contributed by atoms with Gasteiger partial charge in [-0.2, -0.15) is 0 Å². The molecule has 2 rings (SSSR count). The van der Waals surface area contributed by atoms with Crippen molar-refractivity contribution in [1.29, 1.82) is 0 Å². The number of unbranched alkanes of at least 4 members (excludes halogenated alkanes) is 13. The monoisotopic (exact) mass is 651 g/mol. The molecule has 0 aromatic rings. The Morgan fingerprint density at radius 2 is 1.35 bits per heavy atom. The first-order valence-corrected chi connectivity index (χ1v) is 18.9. The first-order valence-electron chi connectivity index (χ1n) is 18.9. The number of esters is 1. The Kier molecular flexibility index (Phi) is 18.2. The van der Waals surface area contributed by atoms with E-state index in [-0.39, 0.29) is 42.9 Å². The summed E-state index contributed by atoms with van der Waals surface area (Å²) in [6.45, 7) is 14.4. The van der Waals surface area contributed by atoms with Crippen molar-refractivity contribution >= 4 is 17.8 Å². The summed E-state index contributed by atoms with van der Waals surface area (Å²) >= 11 is 0. The number of rotatable bonds is 22. The fourth-order valence-corrected chi connectivity index (χ4v) is 6.57. The van der Waals surface area contributed by atoms with E-state index in [2.05, 4.69) is 17.6 Å². The highest BCUT2D eigenvalue weighted by atomic mass is 16.7. The van der Waals surface area contributed by atoms with Crippen LogP contribution in [-0.4, -0.2) is 55.0 Å². The quantitative estimate of drug-likeness (QED) is 0.0899. The molecule has 1 saturated carbocycles. The van der Waals surface area contributed by atoms with Gasteiger partial charge >= 0.3 is 5.97 Å². The second kappa shape index (κ2) is 20.6. The third-order valence-corrected chi connectivity index (χ3v) is 9.84. The lowest BCUT2D eigenvalue weighted by Gasteiger charge is -2.44. The zero-order valence-corrected chi connectivity index (χ0v) is 30.7. The molecule has 0 aromatic carbocycles. The van der Waals surface area contributed by atoms with Crippen molar-refractivity contribution < 1.29 is 28.6 Å². The van der Waals surface area contributed by atoms with E-state index in [1.807, 2.05) is 27.7 Å². The lowest BCUT2D eigenvalue weighted by Crippen LogP contribution is -2.56. The van der Waals surface area contributed by atoms with Crippen molar-refractivity contribution in [2.45, 2.75) is 201 Å². The van der Waals surface area contributed by atoms with Gasteiger partial charge in [-0.3, -0.25) is 14.4 Å². The molecule has 0 radical (unpaired) electrons. The van der Waals surface area contributed by atoms with Crippen molar-refractivity contribution in [3.05, 3.63) is 0 Å². The van der Waals surface area contributed by atoms with Crippen LogP contribution in [0.1, 0.15) is 177 Å². The van der Waals surface area contributed by atoms with Gasteiger partial charge in [0.1, 0.15) is 12.2 Å². The second-order valence-corrected chi connectivity index (χ2v) is 15.8. The summed E-state index contributed by atoms with van der Waals surface area (Å²) in [7, 11) is 0. The van der Waals surface area contributed by atoms with Crippen molar-refractivity contribution in [3.63, 3.8) is 0 Å². The standard InChI is InChI=1S/C38H70N2O6/c1-8-9-10-11-12-13-14-15-16-17-18-19-20-23-27-36(2,3)35(43)40-30-24-21-22-25-31(30)45-32(41)26-28-39-34(42)33-37(4,5)29-44-38(6,7)46-33/h30-31,33H,8-29H2,1-7H3,(H,39,42)(H,40,43)/t30-,31-,33?/m0/s1. The molecule has 0 aromatic heterocycles. The lowest BCUT2D eigenvalue weighted by molar-refractivity contribution is -0.304. The van der Waals surface area contributed by atoms with E-state index >= 15 is 0 Å². The maximum Gasteiger partial charge on any atom is 0.307 e. The summed E-state index contributed by atoms with van der Waals surface area (Å²) in [4.78, 5) is 38.9. The fraction of sp³-hybridized carbons (Fsp3) is 0.921. The molecule has 1 aliphatic heterocycles. The van der Waals surface area contributed by atoms with Crippen molar-refractivity contribution in [2.24, 2.45) is 10.8 Å². The average molecular weight is 651 g/mol. The molecular weight excluding hydrogens is 580 g/mol. The minimum atomic E-state index is -0.836. The number of hydrogen-bond donors (Lipinski definition) is 2. The van der Waals surface area contributed by atoms with Crippen LogP contribution in [0, 0.1) is 10.8 Å². The normalized spacial score (nSPS) is 22.6. The van der Waals surface area contributed by atoms with Crippen LogP contribution in [0.15, 0.2) is 0 Å². The van der Waals surface area contributed by atoms with E-state index < -0.39 is 22.7 Å². The summed E-state index contributed by atoms with van der Waals surface area (Å²) in [5, 5.41) is 6.07. The highest BCUT2D eigenvalue weighted by Crippen LogP contribution is 2.35. The first kappa shape index (κ1) is 40.5. The van der Waals surface area contributed by atoms with E-state index in [0.717, 1.165) is 38.5 Å². The van der Waals surface area contributed by atoms with Crippen LogP contribution in [0.5, 0.6) is 0 Å². The predicted octanol–water partition coefficient (Wildman–Crippen LogP) is 8.54. The van der Waals surface area contributed by atoms with Crippen molar-refractivity contribution in [3.8, 4) is 0 Å². The molecule has 0 bridgehead atoms. The molecule has 1 heterocycles. The number of hydrogen-bond acceptors (Lipinski definition) is 6. The Morgan fingerprint density at radius 3 is 1.93 bits per heavy atom. The summed E-state index contributed by atoms with van der Waals surface area (Å²) in [5.74, 6) is -1.40. The molecule has 1 unspecified atom stereocenters. The molecule has 8 nitrogen and oxygen atoms in total. The minimum absolute atomic E-state index is 0.0457. The Bertz CT molecular complexity index is 902. The van der Waals surface area contributed by atoms with Gasteiger partial charge < -0.3 is 24.8 Å². The molecule has 46 heavy (non-hydrogen) atoms. The van der Waals surface area contributed by atoms with Crippen LogP contribution < -0.4 is 10.6 Å². The number of nitrogens with one attached hydrogen (secondary N) is 2. The molecule has 0 spiro atoms. The summed E-state index contributed by atoms with van der Waals surface area (Å²) in [5.41, 5.74) is -0.935. The van der Waals surface area contributed by atoms with Gasteiger partial charge in [0.05, 0.1) is 19.1 Å². The fourth-order valence-electron chi connectivity index (χ4n) is 6.57. The topological polar surface area (TPSA) is 103 Å². The highest BCUT2D eigenvalue weighted by molar-refractivity contribution is 5.83. The predicted molar refractivity (Wildman–Crippen MR) is 185 cm³/mol. The molecule has 2 amide bonds. The molecular formula is C38H70N2O6. The zero-order valence-electron chi connectivity index (χ0n) is 30.7. The van der Waals surface area contributed by atoms with Crippen LogP contribution in [0.4, 0.5) is 0 Å². The van der Waals surface area contributed by atoms with Gasteiger partial charge in [0.25, 0.3) is 0 Å². The zero-order chi connectivity index (χ0) is 34.1. The summed E-state index contributed by atoms with van der Waals surface area (Å²) in [6.07, 6.45) is 22.0. The number of carbonyl (C=O) groups is 3. The van der Waals surface area contributed by atoms with Crippen LogP contribution in [-0.2, 0) is 28.6 Å². The summed E-state index contributed by atoms with van der Waals surface area (Å²) in [6, 6.07) is -0.172. The number of ether oxygens (including phenoxy) is 3. The van der Waals surface area contributed by atoms with Gasteiger partial charge in [-0.25, -0.2) is 0 Å². The average Bonchev–Trinajstić information content (AvgIpc) is 2.99. The van der Waals surface area contributed by atoms with Gasteiger partial charge in [0.15, 0.2) is 5.79 Å². The smallest absolute Gasteiger partial charge is 0.307 e. The third kappa shape index (κ3) is 15.5. The molecule has 1 aliphatic carbocycles. The summed E-state index contributed by atoms with van der Waals surface area (Å²) < 4.78 is 17.4. The third-order valence-electron chi connectivity index (χ3n) is 9.84. The van der Waals surface area contributed by atoms with Gasteiger partial charge in [0.2, 0.25) is 11.8 Å². The van der Waals surface area contributed by atoms with Crippen LogP contribution in [0.3, 0.4) is 0 Å². The largest absolute Gasteiger partial charge is 0.460 e. The molecule has 8 heteroatoms. The van der Waals surface area contributed by atoms with E-state index in [9.17, 15) is 14.4 Å². The maximum atomic E-state index is 13.3. The second-order valence-electron chi connectivity index (χ2n) is 15.8. The molecule has 2 aliphatic rings. The van der Waals surface area contributed by atoms with Crippen molar-refractivity contribution in [1.82, 2.24) is 10.6 Å². The van der Waals surface area contributed by atoms with Gasteiger partial charge in [-0.05, 0) is 39.5 Å². The Balaban J connectivity index is 1.63.